The number of ether oxygens (including phenoxy) is 1. The van der Waals surface area contributed by atoms with Crippen molar-refractivity contribution in [2.24, 2.45) is 11.5 Å². The van der Waals surface area contributed by atoms with Crippen LogP contribution >= 0.6 is 11.6 Å². The predicted octanol–water partition coefficient (Wildman–Crippen LogP) is 1.31. The van der Waals surface area contributed by atoms with Crippen LogP contribution in [0.5, 0.6) is 5.75 Å². The summed E-state index contributed by atoms with van der Waals surface area (Å²) in [5, 5.41) is 0.559. The second-order valence-electron chi connectivity index (χ2n) is 2.70. The van der Waals surface area contributed by atoms with Crippen LogP contribution in [0.25, 0.3) is 0 Å². The first-order chi connectivity index (χ1) is 6.20. The Hall–Kier alpha value is -0.770. The van der Waals surface area contributed by atoms with Gasteiger partial charge in [-0.05, 0) is 6.07 Å². The summed E-state index contributed by atoms with van der Waals surface area (Å²) in [4.78, 5) is 0. The van der Waals surface area contributed by atoms with Crippen LogP contribution in [-0.4, -0.2) is 13.7 Å². The lowest BCUT2D eigenvalue weighted by Crippen LogP contribution is -2.21. The van der Waals surface area contributed by atoms with Crippen LogP contribution in [-0.2, 0) is 0 Å². The lowest BCUT2D eigenvalue weighted by Gasteiger charge is -2.14. The molecule has 0 unspecified atom stereocenters. The number of halogens is 1. The van der Waals surface area contributed by atoms with E-state index >= 15 is 0 Å². The molecule has 0 bridgehead atoms. The van der Waals surface area contributed by atoms with Crippen LogP contribution in [0.4, 0.5) is 0 Å². The molecular formula is C9H13ClN2O. The maximum absolute atomic E-state index is 5.91. The van der Waals surface area contributed by atoms with Crippen molar-refractivity contribution < 1.29 is 4.74 Å². The molecule has 0 saturated heterocycles. The smallest absolute Gasteiger partial charge is 0.142 e. The molecule has 0 aliphatic carbocycles. The van der Waals surface area contributed by atoms with Gasteiger partial charge < -0.3 is 16.2 Å². The molecule has 0 aliphatic heterocycles. The quantitative estimate of drug-likeness (QED) is 0.774. The molecule has 1 aromatic rings. The fourth-order valence-electron chi connectivity index (χ4n) is 1.16. The van der Waals surface area contributed by atoms with Crippen molar-refractivity contribution in [3.05, 3.63) is 28.8 Å². The number of benzene rings is 1. The lowest BCUT2D eigenvalue weighted by molar-refractivity contribution is 0.406. The van der Waals surface area contributed by atoms with E-state index in [1.54, 1.807) is 13.2 Å². The minimum atomic E-state index is -0.228. The molecule has 72 valence electrons. The molecule has 4 heteroatoms. The molecule has 3 nitrogen and oxygen atoms in total. The Bertz CT molecular complexity index is 291. The highest BCUT2D eigenvalue weighted by atomic mass is 35.5. The Morgan fingerprint density at radius 2 is 2.23 bits per heavy atom. The van der Waals surface area contributed by atoms with Crippen LogP contribution < -0.4 is 16.2 Å². The van der Waals surface area contributed by atoms with E-state index < -0.39 is 0 Å². The van der Waals surface area contributed by atoms with Gasteiger partial charge >= 0.3 is 0 Å². The maximum Gasteiger partial charge on any atom is 0.142 e. The number of rotatable bonds is 3. The van der Waals surface area contributed by atoms with Gasteiger partial charge in [-0.25, -0.2) is 0 Å². The molecule has 0 fully saturated rings. The second-order valence-corrected chi connectivity index (χ2v) is 3.11. The minimum Gasteiger partial charge on any atom is -0.495 e. The van der Waals surface area contributed by atoms with E-state index in [1.165, 1.54) is 0 Å². The first kappa shape index (κ1) is 10.3. The van der Waals surface area contributed by atoms with Gasteiger partial charge in [0.05, 0.1) is 12.1 Å². The number of para-hydroxylation sites is 1. The average Bonchev–Trinajstić information content (AvgIpc) is 2.16. The van der Waals surface area contributed by atoms with E-state index in [-0.39, 0.29) is 6.04 Å². The molecule has 13 heavy (non-hydrogen) atoms. The van der Waals surface area contributed by atoms with Crippen molar-refractivity contribution in [1.82, 2.24) is 0 Å². The molecule has 1 aromatic carbocycles. The van der Waals surface area contributed by atoms with Gasteiger partial charge in [0.2, 0.25) is 0 Å². The summed E-state index contributed by atoms with van der Waals surface area (Å²) >= 11 is 5.91. The zero-order chi connectivity index (χ0) is 9.84. The van der Waals surface area contributed by atoms with Crippen LogP contribution in [0.15, 0.2) is 18.2 Å². The van der Waals surface area contributed by atoms with Gasteiger partial charge in [-0.1, -0.05) is 23.7 Å². The summed E-state index contributed by atoms with van der Waals surface area (Å²) in [7, 11) is 1.56. The third-order valence-corrected chi connectivity index (χ3v) is 2.15. The van der Waals surface area contributed by atoms with Crippen LogP contribution in [0.3, 0.4) is 0 Å². The van der Waals surface area contributed by atoms with Crippen molar-refractivity contribution in [3.8, 4) is 5.75 Å². The van der Waals surface area contributed by atoms with Gasteiger partial charge in [0.15, 0.2) is 0 Å². The summed E-state index contributed by atoms with van der Waals surface area (Å²) in [6, 6.07) is 5.22. The lowest BCUT2D eigenvalue weighted by atomic mass is 10.1. The third-order valence-electron chi connectivity index (χ3n) is 1.85. The first-order valence-electron chi connectivity index (χ1n) is 3.98. The van der Waals surface area contributed by atoms with E-state index in [0.717, 1.165) is 5.56 Å². The summed E-state index contributed by atoms with van der Waals surface area (Å²) in [5.41, 5.74) is 12.1. The van der Waals surface area contributed by atoms with Crippen LogP contribution in [0.1, 0.15) is 11.6 Å². The van der Waals surface area contributed by atoms with E-state index in [4.69, 9.17) is 27.8 Å². The van der Waals surface area contributed by atoms with Crippen molar-refractivity contribution in [3.63, 3.8) is 0 Å². The Labute approximate surface area is 82.6 Å². The average molecular weight is 201 g/mol. The number of hydrogen-bond donors (Lipinski definition) is 2. The summed E-state index contributed by atoms with van der Waals surface area (Å²) in [6.07, 6.45) is 0. The van der Waals surface area contributed by atoms with Crippen LogP contribution in [0.2, 0.25) is 5.02 Å². The van der Waals surface area contributed by atoms with Crippen molar-refractivity contribution >= 4 is 11.6 Å². The van der Waals surface area contributed by atoms with Crippen LogP contribution in [0, 0.1) is 0 Å². The summed E-state index contributed by atoms with van der Waals surface area (Å²) in [6.45, 7) is 0.372. The zero-order valence-corrected chi connectivity index (χ0v) is 8.21. The minimum absolute atomic E-state index is 0.228. The van der Waals surface area contributed by atoms with Gasteiger partial charge in [0.1, 0.15) is 5.75 Å². The molecule has 0 heterocycles. The second kappa shape index (κ2) is 4.46. The monoisotopic (exact) mass is 200 g/mol. The molecule has 4 N–H and O–H groups in total. The molecule has 1 atom stereocenters. The molecule has 0 aromatic heterocycles. The molecule has 0 spiro atoms. The third kappa shape index (κ3) is 2.12. The van der Waals surface area contributed by atoms with Gasteiger partial charge in [-0.15, -0.1) is 0 Å². The molecule has 0 aliphatic rings. The fraction of sp³-hybridized carbons (Fsp3) is 0.333. The maximum atomic E-state index is 5.91. The van der Waals surface area contributed by atoms with E-state index in [1.807, 2.05) is 12.1 Å². The standard InChI is InChI=1S/C9H13ClN2O/c1-13-9-6(8(12)5-11)3-2-4-7(9)10/h2-4,8H,5,11-12H2,1H3/t8-/m0/s1. The number of nitrogens with two attached hydrogens (primary N) is 2. The van der Waals surface area contributed by atoms with E-state index in [9.17, 15) is 0 Å². The SMILES string of the molecule is COc1c(Cl)cccc1[C@@H](N)CN. The molecule has 0 amide bonds. The highest BCUT2D eigenvalue weighted by Gasteiger charge is 2.12. The topological polar surface area (TPSA) is 61.3 Å². The van der Waals surface area contributed by atoms with Gasteiger partial charge in [-0.2, -0.15) is 0 Å². The Morgan fingerprint density at radius 1 is 1.54 bits per heavy atom. The first-order valence-corrected chi connectivity index (χ1v) is 4.36. The molecular weight excluding hydrogens is 188 g/mol. The fourth-order valence-corrected chi connectivity index (χ4v) is 1.42. The zero-order valence-electron chi connectivity index (χ0n) is 7.46. The highest BCUT2D eigenvalue weighted by molar-refractivity contribution is 6.32. The normalized spacial score (nSPS) is 12.6. The summed E-state index contributed by atoms with van der Waals surface area (Å²) < 4.78 is 5.13. The molecule has 0 radical (unpaired) electrons. The molecule has 1 rings (SSSR count). The predicted molar refractivity (Wildman–Crippen MR) is 54.0 cm³/mol. The van der Waals surface area contributed by atoms with Gasteiger partial charge in [-0.3, -0.25) is 0 Å². The Kier molecular flexibility index (Phi) is 3.54. The number of methoxy groups -OCH3 is 1. The Balaban J connectivity index is 3.12. The molecule has 0 saturated carbocycles. The van der Waals surface area contributed by atoms with E-state index in [0.29, 0.717) is 17.3 Å². The largest absolute Gasteiger partial charge is 0.495 e. The van der Waals surface area contributed by atoms with Crippen molar-refractivity contribution in [1.29, 1.82) is 0 Å². The highest BCUT2D eigenvalue weighted by Crippen LogP contribution is 2.31. The number of hydrogen-bond acceptors (Lipinski definition) is 3. The Morgan fingerprint density at radius 3 is 2.77 bits per heavy atom. The van der Waals surface area contributed by atoms with Crippen molar-refractivity contribution in [2.75, 3.05) is 13.7 Å². The van der Waals surface area contributed by atoms with Gasteiger partial charge in [0.25, 0.3) is 0 Å². The van der Waals surface area contributed by atoms with Crippen molar-refractivity contribution in [2.45, 2.75) is 6.04 Å². The summed E-state index contributed by atoms with van der Waals surface area (Å²) in [5.74, 6) is 0.613. The van der Waals surface area contributed by atoms with Gasteiger partial charge in [0, 0.05) is 18.2 Å². The van der Waals surface area contributed by atoms with E-state index in [2.05, 4.69) is 0 Å².